The van der Waals surface area contributed by atoms with Crippen LogP contribution in [0.4, 0.5) is 0 Å². The van der Waals surface area contributed by atoms with E-state index in [0.717, 1.165) is 0 Å². The summed E-state index contributed by atoms with van der Waals surface area (Å²) in [6, 6.07) is 5.13. The molecule has 0 unspecified atom stereocenters. The fourth-order valence-electron chi connectivity index (χ4n) is 7.00. The van der Waals surface area contributed by atoms with Gasteiger partial charge in [0.2, 0.25) is 52.4 Å². The van der Waals surface area contributed by atoms with Crippen molar-refractivity contribution in [3.05, 3.63) is 83.9 Å². The Kier molecular flexibility index (Phi) is 23.7. The number of nitrogens with one attached hydrogen (secondary N) is 7. The lowest BCUT2D eigenvalue weighted by atomic mass is 9.99. The highest BCUT2D eigenvalue weighted by Crippen LogP contribution is 2.15. The van der Waals surface area contributed by atoms with Gasteiger partial charge >= 0.3 is 5.97 Å². The molecule has 0 spiro atoms. The summed E-state index contributed by atoms with van der Waals surface area (Å²) in [7, 11) is 0. The number of nitrogens with zero attached hydrogens (tertiary/aromatic N) is 1. The summed E-state index contributed by atoms with van der Waals surface area (Å²) in [4.78, 5) is 138. The number of thioether (sulfide) groups is 1. The van der Waals surface area contributed by atoms with Gasteiger partial charge in [-0.05, 0) is 54.4 Å². The molecule has 24 heteroatoms. The third kappa shape index (κ3) is 21.0. The summed E-state index contributed by atoms with van der Waals surface area (Å²) in [5.74, 6) is -8.80. The number of benzene rings is 2. The van der Waals surface area contributed by atoms with Gasteiger partial charge in [-0.25, -0.2) is 4.98 Å². The second kappa shape index (κ2) is 29.0. The average molecular weight is 1010 g/mol. The van der Waals surface area contributed by atoms with Gasteiger partial charge in [0.15, 0.2) is 0 Å². The number of phenols is 1. The van der Waals surface area contributed by atoms with Crippen LogP contribution in [0.3, 0.4) is 0 Å². The second-order valence-electron chi connectivity index (χ2n) is 17.6. The van der Waals surface area contributed by atoms with Gasteiger partial charge in [0.05, 0.1) is 25.2 Å². The Balaban J connectivity index is 1.88. The Hall–Kier alpha value is -7.34. The Morgan fingerprint density at radius 1 is 0.634 bits per heavy atom. The lowest BCUT2D eigenvalue weighted by Gasteiger charge is -2.29. The van der Waals surface area contributed by atoms with Crippen LogP contribution in [0.1, 0.15) is 76.6 Å². The van der Waals surface area contributed by atoms with Crippen LogP contribution in [0.25, 0.3) is 0 Å². The van der Waals surface area contributed by atoms with E-state index in [1.807, 2.05) is 0 Å². The first-order chi connectivity index (χ1) is 33.5. The molecule has 71 heavy (non-hydrogen) atoms. The number of hydrogen-bond acceptors (Lipinski definition) is 14. The molecule has 7 atom stereocenters. The number of imidazole rings is 1. The molecule has 0 saturated carbocycles. The number of aliphatic carboxylic acids is 1. The number of aromatic nitrogens is 2. The third-order valence-corrected chi connectivity index (χ3v) is 11.7. The lowest BCUT2D eigenvalue weighted by molar-refractivity contribution is -0.136. The summed E-state index contributed by atoms with van der Waals surface area (Å²) in [6.45, 7) is 6.80. The maximum Gasteiger partial charge on any atom is 0.304 e. The van der Waals surface area contributed by atoms with Gasteiger partial charge in [0, 0.05) is 36.9 Å². The van der Waals surface area contributed by atoms with Crippen LogP contribution in [0.15, 0.2) is 67.1 Å². The highest BCUT2D eigenvalue weighted by Gasteiger charge is 2.36. The standard InChI is InChI=1S/C47H65N11O12S/c1-25(2)18-33(43(66)57-36(22-38(50)61)47(70)71-17-16-39(62)63)54-44(67)34(20-27-8-6-5-7-9-27)56-46(69)40(26(3)4)58-45(68)35(21-29-23-51-24-52-29)55-42(65)32(14-15-37(49)60)53-41(64)31(48)19-28-10-12-30(59)13-11-28/h5-13,23-26,31-36,40,59H,14-22,48H2,1-4H3,(H2,49,60)(H2,50,61)(H,51,52)(H,53,64)(H,54,67)(H,55,65)(H,56,69)(H,57,66)(H,58,68)(H,62,63)/t31-,32-,33-,34-,35-,36-,40-/m0/s1. The van der Waals surface area contributed by atoms with Crippen molar-refractivity contribution in [1.29, 1.82) is 0 Å². The normalized spacial score (nSPS) is 14.1. The predicted molar refractivity (Wildman–Crippen MR) is 260 cm³/mol. The number of primary amides is 2. The number of nitrogens with two attached hydrogens (primary N) is 3. The van der Waals surface area contributed by atoms with E-state index in [-0.39, 0.29) is 62.4 Å². The fraction of sp³-hybridized carbons (Fsp3) is 0.468. The quantitative estimate of drug-likeness (QED) is 0.0379. The minimum absolute atomic E-state index is 0.00802. The van der Waals surface area contributed by atoms with Gasteiger partial charge in [-0.15, -0.1) is 0 Å². The zero-order chi connectivity index (χ0) is 52.8. The number of aromatic amines is 1. The average Bonchev–Trinajstić information content (AvgIpc) is 3.82. The van der Waals surface area contributed by atoms with Crippen LogP contribution < -0.4 is 49.1 Å². The van der Waals surface area contributed by atoms with Gasteiger partial charge < -0.3 is 64.3 Å². The molecule has 0 aliphatic rings. The Morgan fingerprint density at radius 2 is 1.18 bits per heavy atom. The van der Waals surface area contributed by atoms with Crippen molar-refractivity contribution >= 4 is 70.1 Å². The van der Waals surface area contributed by atoms with Crippen molar-refractivity contribution in [2.45, 2.75) is 121 Å². The number of H-pyrrole nitrogens is 1. The number of carboxylic acid groups (broad SMARTS) is 1. The Labute approximate surface area is 414 Å². The molecule has 0 aliphatic carbocycles. The molecule has 1 aromatic heterocycles. The monoisotopic (exact) mass is 1010 g/mol. The summed E-state index contributed by atoms with van der Waals surface area (Å²) in [5, 5.41) is 33.6. The molecule has 0 radical (unpaired) electrons. The molecule has 3 aromatic rings. The number of hydrogen-bond donors (Lipinski definition) is 12. The van der Waals surface area contributed by atoms with Gasteiger partial charge in [-0.1, -0.05) is 81.9 Å². The van der Waals surface area contributed by atoms with E-state index in [1.54, 1.807) is 70.2 Å². The largest absolute Gasteiger partial charge is 0.508 e. The minimum atomic E-state index is -1.44. The number of rotatable bonds is 30. The number of amides is 8. The summed E-state index contributed by atoms with van der Waals surface area (Å²) in [5.41, 5.74) is 18.5. The Morgan fingerprint density at radius 3 is 1.76 bits per heavy atom. The van der Waals surface area contributed by atoms with E-state index < -0.39 is 113 Å². The van der Waals surface area contributed by atoms with Crippen molar-refractivity contribution in [2.24, 2.45) is 29.0 Å². The molecule has 0 bridgehead atoms. The van der Waals surface area contributed by atoms with E-state index >= 15 is 0 Å². The van der Waals surface area contributed by atoms with E-state index in [1.165, 1.54) is 24.7 Å². The minimum Gasteiger partial charge on any atom is -0.508 e. The molecular weight excluding hydrogens is 943 g/mol. The molecule has 0 aliphatic heterocycles. The fourth-order valence-corrected chi connectivity index (χ4v) is 7.82. The van der Waals surface area contributed by atoms with E-state index in [0.29, 0.717) is 28.6 Å². The molecule has 386 valence electrons. The SMILES string of the molecule is CC(C)C[C@H](NC(=O)[C@H](Cc1ccccc1)NC(=O)[C@@H](NC(=O)[C@H](Cc1cnc[nH]1)NC(=O)[C@H](CCC(N)=O)NC(=O)[C@@H](N)Cc1ccc(O)cc1)C(C)C)C(=O)N[C@@H](CC(N)=O)C(=O)SCCC(=O)O. The van der Waals surface area contributed by atoms with Crippen molar-refractivity contribution in [2.75, 3.05) is 5.75 Å². The van der Waals surface area contributed by atoms with Gasteiger partial charge in [-0.3, -0.25) is 47.9 Å². The van der Waals surface area contributed by atoms with Crippen LogP contribution in [0.2, 0.25) is 0 Å². The van der Waals surface area contributed by atoms with Gasteiger partial charge in [-0.2, -0.15) is 0 Å². The second-order valence-corrected chi connectivity index (χ2v) is 18.7. The maximum atomic E-state index is 14.3. The highest BCUT2D eigenvalue weighted by molar-refractivity contribution is 8.13. The molecule has 23 nitrogen and oxygen atoms in total. The molecular formula is C47H65N11O12S. The first kappa shape index (κ1) is 58.0. The van der Waals surface area contributed by atoms with Crippen molar-refractivity contribution < 1.29 is 58.2 Å². The van der Waals surface area contributed by atoms with Crippen LogP contribution in [-0.4, -0.2) is 127 Å². The zero-order valence-electron chi connectivity index (χ0n) is 40.0. The first-order valence-corrected chi connectivity index (χ1v) is 23.8. The Bertz CT molecular complexity index is 2300. The lowest BCUT2D eigenvalue weighted by Crippen LogP contribution is -2.61. The molecule has 3 rings (SSSR count). The number of carbonyl (C=O) groups is 10. The molecule has 1 heterocycles. The first-order valence-electron chi connectivity index (χ1n) is 22.8. The molecule has 0 saturated heterocycles. The summed E-state index contributed by atoms with van der Waals surface area (Å²) >= 11 is 0.598. The van der Waals surface area contributed by atoms with E-state index in [2.05, 4.69) is 41.9 Å². The predicted octanol–water partition coefficient (Wildman–Crippen LogP) is -1.04. The maximum absolute atomic E-state index is 14.3. The molecule has 15 N–H and O–H groups in total. The highest BCUT2D eigenvalue weighted by atomic mass is 32.2. The smallest absolute Gasteiger partial charge is 0.304 e. The van der Waals surface area contributed by atoms with Crippen molar-refractivity contribution in [1.82, 2.24) is 41.9 Å². The molecule has 0 fully saturated rings. The van der Waals surface area contributed by atoms with Crippen LogP contribution in [0.5, 0.6) is 5.75 Å². The van der Waals surface area contributed by atoms with E-state index in [4.69, 9.17) is 22.3 Å². The van der Waals surface area contributed by atoms with Gasteiger partial charge in [0.1, 0.15) is 42.0 Å². The number of carboxylic acids is 1. The molecule has 8 amide bonds. The van der Waals surface area contributed by atoms with Crippen molar-refractivity contribution in [3.8, 4) is 5.75 Å². The summed E-state index contributed by atoms with van der Waals surface area (Å²) < 4.78 is 0. The van der Waals surface area contributed by atoms with Crippen LogP contribution in [-0.2, 0) is 67.2 Å². The third-order valence-electron chi connectivity index (χ3n) is 10.7. The van der Waals surface area contributed by atoms with Crippen LogP contribution in [0, 0.1) is 11.8 Å². The van der Waals surface area contributed by atoms with Gasteiger partial charge in [0.25, 0.3) is 0 Å². The van der Waals surface area contributed by atoms with E-state index in [9.17, 15) is 53.1 Å². The zero-order valence-corrected chi connectivity index (χ0v) is 40.8. The summed E-state index contributed by atoms with van der Waals surface area (Å²) in [6.07, 6.45) is 0.990. The topological polar surface area (TPSA) is 390 Å². The van der Waals surface area contributed by atoms with Crippen LogP contribution >= 0.6 is 11.8 Å². The van der Waals surface area contributed by atoms with Crippen molar-refractivity contribution in [3.63, 3.8) is 0 Å². The molecule has 2 aromatic carbocycles. The number of phenolic OH excluding ortho intramolecular Hbond substituents is 1. The number of carbonyl (C=O) groups excluding carboxylic acids is 9. The number of aromatic hydroxyl groups is 1.